The topological polar surface area (TPSA) is 59.6 Å². The molecule has 5 nitrogen and oxygen atoms in total. The number of amides is 2. The molecule has 1 heterocycles. The Labute approximate surface area is 149 Å². The van der Waals surface area contributed by atoms with E-state index in [9.17, 15) is 4.79 Å². The van der Waals surface area contributed by atoms with E-state index in [-0.39, 0.29) is 6.03 Å². The van der Waals surface area contributed by atoms with Gasteiger partial charge in [-0.15, -0.1) is 0 Å². The maximum atomic E-state index is 12.0. The first-order valence-corrected chi connectivity index (χ1v) is 8.26. The van der Waals surface area contributed by atoms with Gasteiger partial charge in [0.2, 0.25) is 0 Å². The molecule has 0 bridgehead atoms. The average molecular weight is 367 g/mol. The van der Waals surface area contributed by atoms with Crippen molar-refractivity contribution in [2.75, 3.05) is 25.1 Å². The van der Waals surface area contributed by atoms with Gasteiger partial charge in [0, 0.05) is 28.3 Å². The van der Waals surface area contributed by atoms with Gasteiger partial charge in [0.1, 0.15) is 13.2 Å². The van der Waals surface area contributed by atoms with Crippen molar-refractivity contribution < 1.29 is 14.3 Å². The van der Waals surface area contributed by atoms with Gasteiger partial charge in [-0.3, -0.25) is 0 Å². The van der Waals surface area contributed by atoms with Gasteiger partial charge in [0.05, 0.1) is 0 Å². The molecular formula is C17H16Cl2N2O3. The minimum absolute atomic E-state index is 0.295. The van der Waals surface area contributed by atoms with Crippen LogP contribution in [0.4, 0.5) is 10.5 Å². The van der Waals surface area contributed by atoms with E-state index in [0.29, 0.717) is 53.4 Å². The molecule has 0 spiro atoms. The molecule has 0 saturated carbocycles. The van der Waals surface area contributed by atoms with Crippen molar-refractivity contribution in [3.63, 3.8) is 0 Å². The zero-order valence-corrected chi connectivity index (χ0v) is 14.3. The first-order chi connectivity index (χ1) is 11.6. The van der Waals surface area contributed by atoms with E-state index in [1.165, 1.54) is 0 Å². The molecule has 2 N–H and O–H groups in total. The van der Waals surface area contributed by atoms with Gasteiger partial charge >= 0.3 is 6.03 Å². The van der Waals surface area contributed by atoms with E-state index in [0.717, 1.165) is 5.56 Å². The number of hydrogen-bond donors (Lipinski definition) is 2. The summed E-state index contributed by atoms with van der Waals surface area (Å²) >= 11 is 12.0. The molecule has 0 saturated heterocycles. The molecule has 0 aromatic heterocycles. The van der Waals surface area contributed by atoms with Gasteiger partial charge < -0.3 is 20.1 Å². The van der Waals surface area contributed by atoms with Crippen LogP contribution in [0.2, 0.25) is 10.0 Å². The zero-order valence-electron chi connectivity index (χ0n) is 12.8. The van der Waals surface area contributed by atoms with E-state index in [4.69, 9.17) is 32.7 Å². The molecule has 0 fully saturated rings. The Balaban J connectivity index is 1.50. The molecule has 24 heavy (non-hydrogen) atoms. The lowest BCUT2D eigenvalue weighted by molar-refractivity contribution is 0.171. The first-order valence-electron chi connectivity index (χ1n) is 7.50. The lowest BCUT2D eigenvalue weighted by Gasteiger charge is -2.19. The monoisotopic (exact) mass is 366 g/mol. The van der Waals surface area contributed by atoms with Crippen LogP contribution in [0.25, 0.3) is 0 Å². The number of urea groups is 1. The number of benzene rings is 2. The van der Waals surface area contributed by atoms with E-state index < -0.39 is 0 Å². The average Bonchev–Trinajstić information content (AvgIpc) is 2.57. The zero-order chi connectivity index (χ0) is 16.9. The minimum Gasteiger partial charge on any atom is -0.486 e. The van der Waals surface area contributed by atoms with Crippen LogP contribution in [-0.4, -0.2) is 25.8 Å². The summed E-state index contributed by atoms with van der Waals surface area (Å²) in [7, 11) is 0. The van der Waals surface area contributed by atoms with Gasteiger partial charge in [-0.2, -0.15) is 0 Å². The number of ether oxygens (including phenoxy) is 2. The maximum absolute atomic E-state index is 12.0. The van der Waals surface area contributed by atoms with Crippen molar-refractivity contribution >= 4 is 34.9 Å². The van der Waals surface area contributed by atoms with Crippen molar-refractivity contribution in [2.45, 2.75) is 6.42 Å². The fraction of sp³-hybridized carbons (Fsp3) is 0.235. The molecule has 2 aromatic carbocycles. The summed E-state index contributed by atoms with van der Waals surface area (Å²) in [5.41, 5.74) is 1.57. The Morgan fingerprint density at radius 2 is 1.83 bits per heavy atom. The second-order valence-electron chi connectivity index (χ2n) is 5.23. The summed E-state index contributed by atoms with van der Waals surface area (Å²) < 4.78 is 10.9. The summed E-state index contributed by atoms with van der Waals surface area (Å²) in [6.45, 7) is 1.50. The molecule has 7 heteroatoms. The molecule has 0 atom stereocenters. The van der Waals surface area contributed by atoms with Crippen molar-refractivity contribution in [1.29, 1.82) is 0 Å². The third-order valence-electron chi connectivity index (χ3n) is 3.50. The summed E-state index contributed by atoms with van der Waals surface area (Å²) in [6, 6.07) is 10.3. The van der Waals surface area contributed by atoms with E-state index in [2.05, 4.69) is 10.6 Å². The maximum Gasteiger partial charge on any atom is 0.319 e. The second kappa shape index (κ2) is 7.64. The predicted octanol–water partition coefficient (Wildman–Crippen LogP) is 4.13. The summed E-state index contributed by atoms with van der Waals surface area (Å²) in [5, 5.41) is 6.73. The van der Waals surface area contributed by atoms with Crippen LogP contribution in [0.3, 0.4) is 0 Å². The van der Waals surface area contributed by atoms with Gasteiger partial charge in [-0.25, -0.2) is 4.79 Å². The lowest BCUT2D eigenvalue weighted by atomic mass is 10.1. The number of carbonyl (C=O) groups excluding carboxylic acids is 1. The molecule has 0 unspecified atom stereocenters. The van der Waals surface area contributed by atoms with Gasteiger partial charge in [-0.1, -0.05) is 29.3 Å². The molecule has 1 aliphatic rings. The highest BCUT2D eigenvalue weighted by molar-refractivity contribution is 6.35. The smallest absolute Gasteiger partial charge is 0.319 e. The van der Waals surface area contributed by atoms with Crippen molar-refractivity contribution in [1.82, 2.24) is 5.32 Å². The number of anilines is 1. The fourth-order valence-electron chi connectivity index (χ4n) is 2.33. The second-order valence-corrected chi connectivity index (χ2v) is 6.07. The molecule has 1 aliphatic heterocycles. The third-order valence-corrected chi connectivity index (χ3v) is 4.08. The van der Waals surface area contributed by atoms with Crippen molar-refractivity contribution in [2.24, 2.45) is 0 Å². The molecule has 2 aromatic rings. The Morgan fingerprint density at radius 1 is 1.04 bits per heavy atom. The fourth-order valence-corrected chi connectivity index (χ4v) is 2.83. The number of carbonyl (C=O) groups is 1. The standard InChI is InChI=1S/C17H16Cl2N2O3/c18-12-2-1-11(14(19)9-12)5-6-20-17(22)21-13-3-4-15-16(10-13)24-8-7-23-15/h1-4,9-10H,5-8H2,(H2,20,21,22). The molecule has 0 aliphatic carbocycles. The number of halogens is 2. The summed E-state index contributed by atoms with van der Waals surface area (Å²) in [6.07, 6.45) is 0.616. The number of nitrogens with one attached hydrogen (secondary N) is 2. The van der Waals surface area contributed by atoms with Gasteiger partial charge in [-0.05, 0) is 36.2 Å². The quantitative estimate of drug-likeness (QED) is 0.854. The van der Waals surface area contributed by atoms with Crippen LogP contribution < -0.4 is 20.1 Å². The Kier molecular flexibility index (Phi) is 5.33. The van der Waals surface area contributed by atoms with Gasteiger partial charge in [0.25, 0.3) is 0 Å². The molecular weight excluding hydrogens is 351 g/mol. The van der Waals surface area contributed by atoms with Crippen molar-refractivity contribution in [3.05, 3.63) is 52.0 Å². The van der Waals surface area contributed by atoms with E-state index in [1.807, 2.05) is 6.07 Å². The third kappa shape index (κ3) is 4.24. The van der Waals surface area contributed by atoms with Crippen LogP contribution in [0.5, 0.6) is 11.5 Å². The SMILES string of the molecule is O=C(NCCc1ccc(Cl)cc1Cl)Nc1ccc2c(c1)OCCO2. The Morgan fingerprint density at radius 3 is 2.62 bits per heavy atom. The number of rotatable bonds is 4. The highest BCUT2D eigenvalue weighted by Crippen LogP contribution is 2.32. The van der Waals surface area contributed by atoms with E-state index >= 15 is 0 Å². The Hall–Kier alpha value is -2.11. The molecule has 126 valence electrons. The predicted molar refractivity (Wildman–Crippen MR) is 94.6 cm³/mol. The normalized spacial score (nSPS) is 12.6. The Bertz CT molecular complexity index is 753. The molecule has 3 rings (SSSR count). The first kappa shape index (κ1) is 16.7. The van der Waals surface area contributed by atoms with Crippen LogP contribution in [0.1, 0.15) is 5.56 Å². The summed E-state index contributed by atoms with van der Waals surface area (Å²) in [4.78, 5) is 12.0. The summed E-state index contributed by atoms with van der Waals surface area (Å²) in [5.74, 6) is 1.32. The van der Waals surface area contributed by atoms with Crippen molar-refractivity contribution in [3.8, 4) is 11.5 Å². The van der Waals surface area contributed by atoms with Crippen LogP contribution in [-0.2, 0) is 6.42 Å². The van der Waals surface area contributed by atoms with Crippen LogP contribution in [0.15, 0.2) is 36.4 Å². The molecule has 2 amide bonds. The van der Waals surface area contributed by atoms with Gasteiger partial charge in [0.15, 0.2) is 11.5 Å². The minimum atomic E-state index is -0.295. The highest BCUT2D eigenvalue weighted by Gasteiger charge is 2.12. The highest BCUT2D eigenvalue weighted by atomic mass is 35.5. The molecule has 0 radical (unpaired) electrons. The lowest BCUT2D eigenvalue weighted by Crippen LogP contribution is -2.30. The largest absolute Gasteiger partial charge is 0.486 e. The van der Waals surface area contributed by atoms with Crippen LogP contribution in [0, 0.1) is 0 Å². The number of fused-ring (bicyclic) bond motifs is 1. The number of hydrogen-bond acceptors (Lipinski definition) is 3. The van der Waals surface area contributed by atoms with Crippen LogP contribution >= 0.6 is 23.2 Å². The van der Waals surface area contributed by atoms with E-state index in [1.54, 1.807) is 30.3 Å².